The smallest absolute Gasteiger partial charge is 0.412 e. The molecule has 0 amide bonds. The molecule has 0 unspecified atom stereocenters. The first-order valence-electron chi connectivity index (χ1n) is 1.85. The second kappa shape index (κ2) is 12.7. The van der Waals surface area contributed by atoms with E-state index >= 15 is 0 Å². The van der Waals surface area contributed by atoms with Crippen molar-refractivity contribution in [2.24, 2.45) is 0 Å². The van der Waals surface area contributed by atoms with Crippen LogP contribution in [0.3, 0.4) is 0 Å². The van der Waals surface area contributed by atoms with E-state index in [4.69, 9.17) is 55.9 Å². The molecule has 0 rings (SSSR count). The average molecular weight is 457 g/mol. The minimum absolute atomic E-state index is 0. The molecule has 0 aliphatic heterocycles. The SMILES string of the molecule is O.[O-][Cl+3]([O-])([O-])[O-].[O-][Cl+3]([O-])([O-])[O-].[O-][Cl+3]([O-])([O-])[O-].[Pr+3]. The molecule has 17 heavy (non-hydrogen) atoms. The van der Waals surface area contributed by atoms with E-state index in [1.165, 1.54) is 0 Å². The van der Waals surface area contributed by atoms with Crippen molar-refractivity contribution >= 4 is 0 Å². The molecular weight excluding hydrogens is 455 g/mol. The summed E-state index contributed by atoms with van der Waals surface area (Å²) in [6.07, 6.45) is 0. The Hall–Kier alpha value is 1.71. The second-order valence-electron chi connectivity index (χ2n) is 1.13. The Morgan fingerprint density at radius 2 is 0.353 bits per heavy atom. The van der Waals surface area contributed by atoms with E-state index in [1.807, 2.05) is 0 Å². The molecule has 0 saturated carbocycles. The molecule has 0 aliphatic rings. The monoisotopic (exact) mass is 456 g/mol. The summed E-state index contributed by atoms with van der Waals surface area (Å²) in [5.74, 6) is 0. The van der Waals surface area contributed by atoms with Gasteiger partial charge in [0.25, 0.3) is 0 Å². The number of rotatable bonds is 0. The summed E-state index contributed by atoms with van der Waals surface area (Å²) in [5, 5.41) is 0. The fourth-order valence-corrected chi connectivity index (χ4v) is 0. The summed E-state index contributed by atoms with van der Waals surface area (Å²) < 4.78 is 102. The quantitative estimate of drug-likeness (QED) is 0.327. The molecule has 0 spiro atoms. The maximum absolute atomic E-state index is 8.49. The summed E-state index contributed by atoms with van der Waals surface area (Å²) in [7, 11) is -14.8. The minimum Gasteiger partial charge on any atom is -0.412 e. The van der Waals surface area contributed by atoms with Crippen LogP contribution in [-0.2, 0) is 0 Å². The molecule has 0 bridgehead atoms. The van der Waals surface area contributed by atoms with Gasteiger partial charge in [-0.3, -0.25) is 0 Å². The van der Waals surface area contributed by atoms with Gasteiger partial charge in [-0.15, -0.1) is 30.7 Å². The van der Waals surface area contributed by atoms with Crippen molar-refractivity contribution in [3.8, 4) is 0 Å². The van der Waals surface area contributed by atoms with Crippen molar-refractivity contribution in [3.05, 3.63) is 0 Å². The molecular formula is H2Cl3O13Pr. The van der Waals surface area contributed by atoms with Crippen LogP contribution < -0.4 is 55.9 Å². The van der Waals surface area contributed by atoms with E-state index in [0.717, 1.165) is 0 Å². The van der Waals surface area contributed by atoms with Gasteiger partial charge in [-0.25, -0.2) is 55.9 Å². The molecule has 0 aromatic heterocycles. The Morgan fingerprint density at radius 1 is 0.353 bits per heavy atom. The van der Waals surface area contributed by atoms with Gasteiger partial charge in [-0.05, 0) is 0 Å². The normalized spacial score (nSPS) is 10.6. The summed E-state index contributed by atoms with van der Waals surface area (Å²) >= 11 is 0. The fourth-order valence-electron chi connectivity index (χ4n) is 0. The molecule has 13 nitrogen and oxygen atoms in total. The van der Waals surface area contributed by atoms with Gasteiger partial charge in [0.2, 0.25) is 0 Å². The summed E-state index contributed by atoms with van der Waals surface area (Å²) in [4.78, 5) is 0. The Bertz CT molecular complexity index is 91.7. The van der Waals surface area contributed by atoms with E-state index in [9.17, 15) is 0 Å². The largest absolute Gasteiger partial charge is 3.00 e. The van der Waals surface area contributed by atoms with E-state index in [0.29, 0.717) is 0 Å². The third-order valence-electron chi connectivity index (χ3n) is 0. The van der Waals surface area contributed by atoms with Crippen molar-refractivity contribution < 1.29 is 133 Å². The fraction of sp³-hybridized carbons (Fsp3) is 0. The zero-order valence-electron chi connectivity index (χ0n) is 7.11. The van der Waals surface area contributed by atoms with Gasteiger partial charge in [0.1, 0.15) is 0 Å². The molecule has 0 atom stereocenters. The van der Waals surface area contributed by atoms with Gasteiger partial charge in [-0.1, -0.05) is 0 Å². The number of halogens is 3. The Labute approximate surface area is 132 Å². The molecule has 0 heterocycles. The van der Waals surface area contributed by atoms with Gasteiger partial charge in [0, 0.05) is 0 Å². The molecule has 0 radical (unpaired) electrons. The predicted molar refractivity (Wildman–Crippen MR) is 3.61 cm³/mol. The molecule has 17 heteroatoms. The van der Waals surface area contributed by atoms with Crippen LogP contribution in [0, 0.1) is 72.0 Å². The van der Waals surface area contributed by atoms with E-state index in [-0.39, 0.29) is 46.8 Å². The van der Waals surface area contributed by atoms with Gasteiger partial charge < -0.3 is 5.48 Å². The van der Waals surface area contributed by atoms with Gasteiger partial charge in [0.15, 0.2) is 0 Å². The zero-order valence-corrected chi connectivity index (χ0v) is 13.1. The molecule has 2 N–H and O–H groups in total. The van der Waals surface area contributed by atoms with Crippen molar-refractivity contribution in [3.63, 3.8) is 0 Å². The van der Waals surface area contributed by atoms with Crippen LogP contribution in [0.4, 0.5) is 0 Å². The van der Waals surface area contributed by atoms with Crippen molar-refractivity contribution in [1.29, 1.82) is 0 Å². The summed E-state index contributed by atoms with van der Waals surface area (Å²) in [6.45, 7) is 0. The minimum atomic E-state index is -4.94. The van der Waals surface area contributed by atoms with Crippen LogP contribution in [0.2, 0.25) is 0 Å². The zero-order chi connectivity index (χ0) is 13.5. The van der Waals surface area contributed by atoms with Crippen LogP contribution in [0.1, 0.15) is 0 Å². The Morgan fingerprint density at radius 3 is 0.353 bits per heavy atom. The number of hydrogen-bond acceptors (Lipinski definition) is 12. The molecule has 104 valence electrons. The van der Waals surface area contributed by atoms with E-state index in [1.54, 1.807) is 0 Å². The summed E-state index contributed by atoms with van der Waals surface area (Å²) in [5.41, 5.74) is 0. The van der Waals surface area contributed by atoms with Gasteiger partial charge in [-0.2, -0.15) is 0 Å². The van der Waals surface area contributed by atoms with Crippen LogP contribution in [0.15, 0.2) is 0 Å². The van der Waals surface area contributed by atoms with E-state index in [2.05, 4.69) is 0 Å². The maximum Gasteiger partial charge on any atom is 3.00 e. The predicted octanol–water partition coefficient (Wildman–Crippen LogP) is -15.1. The van der Waals surface area contributed by atoms with Crippen LogP contribution >= 0.6 is 0 Å². The van der Waals surface area contributed by atoms with Crippen LogP contribution in [-0.4, -0.2) is 5.48 Å². The Kier molecular flexibility index (Phi) is 23.4. The van der Waals surface area contributed by atoms with Crippen molar-refractivity contribution in [1.82, 2.24) is 0 Å². The third-order valence-corrected chi connectivity index (χ3v) is 0. The van der Waals surface area contributed by atoms with Crippen molar-refractivity contribution in [2.45, 2.75) is 0 Å². The van der Waals surface area contributed by atoms with Gasteiger partial charge in [0.05, 0.1) is 0 Å². The van der Waals surface area contributed by atoms with Gasteiger partial charge >= 0.3 is 41.3 Å². The maximum atomic E-state index is 8.49. The Balaban J connectivity index is -0.0000000400. The molecule has 0 aromatic carbocycles. The first-order valence-corrected chi connectivity index (χ1v) is 5.55. The second-order valence-corrected chi connectivity index (χ2v) is 3.40. The van der Waals surface area contributed by atoms with Crippen molar-refractivity contribution in [2.75, 3.05) is 0 Å². The standard InChI is InChI=1S/3ClHO4.H2O.Pr/c3*2-1(3,4)5;;/h3*(H,2,3,4,5);1H2;/q;;;;+3/p-3. The van der Waals surface area contributed by atoms with E-state index < -0.39 is 30.7 Å². The van der Waals surface area contributed by atoms with Crippen LogP contribution in [0.5, 0.6) is 0 Å². The summed E-state index contributed by atoms with van der Waals surface area (Å²) in [6, 6.07) is 0. The average Bonchev–Trinajstić information content (AvgIpc) is 1.41. The van der Waals surface area contributed by atoms with Crippen LogP contribution in [0.25, 0.3) is 0 Å². The first kappa shape index (κ1) is 31.2. The molecule has 0 aromatic rings. The molecule has 0 fully saturated rings. The third kappa shape index (κ3) is 1490. The first-order chi connectivity index (χ1) is 6.00. The molecule has 0 saturated heterocycles. The number of hydrogen-bond donors (Lipinski definition) is 0. The molecule has 0 aliphatic carbocycles. The topological polar surface area (TPSA) is 308 Å².